The number of carbonyl (C=O) groups is 1. The SMILES string of the molecule is O=C(O)C1=CC(c2cccc([N+](=O)[O-])c2)=Nc2ccccc2N1. The van der Waals surface area contributed by atoms with Crippen LogP contribution in [-0.2, 0) is 4.79 Å². The van der Waals surface area contributed by atoms with E-state index in [1.165, 1.54) is 24.3 Å². The van der Waals surface area contributed by atoms with Crippen LogP contribution in [0, 0.1) is 10.1 Å². The first-order valence-corrected chi connectivity index (χ1v) is 6.69. The Bertz CT molecular complexity index is 871. The third-order valence-electron chi connectivity index (χ3n) is 3.28. The maximum atomic E-state index is 11.4. The van der Waals surface area contributed by atoms with Gasteiger partial charge in [-0.2, -0.15) is 0 Å². The predicted molar refractivity (Wildman–Crippen MR) is 85.1 cm³/mol. The monoisotopic (exact) mass is 309 g/mol. The zero-order valence-corrected chi connectivity index (χ0v) is 11.8. The van der Waals surface area contributed by atoms with Crippen molar-refractivity contribution in [3.8, 4) is 0 Å². The molecule has 0 saturated carbocycles. The fraction of sp³-hybridized carbons (Fsp3) is 0. The van der Waals surface area contributed by atoms with Gasteiger partial charge in [-0.25, -0.2) is 9.79 Å². The summed E-state index contributed by atoms with van der Waals surface area (Å²) < 4.78 is 0. The van der Waals surface area contributed by atoms with Gasteiger partial charge in [0, 0.05) is 17.7 Å². The Morgan fingerprint density at radius 1 is 1.17 bits per heavy atom. The third-order valence-corrected chi connectivity index (χ3v) is 3.28. The summed E-state index contributed by atoms with van der Waals surface area (Å²) in [5, 5.41) is 23.0. The van der Waals surface area contributed by atoms with Gasteiger partial charge < -0.3 is 10.4 Å². The molecule has 0 aliphatic carbocycles. The number of rotatable bonds is 3. The van der Waals surface area contributed by atoms with E-state index >= 15 is 0 Å². The zero-order chi connectivity index (χ0) is 16.4. The van der Waals surface area contributed by atoms with Crippen LogP contribution >= 0.6 is 0 Å². The zero-order valence-electron chi connectivity index (χ0n) is 11.8. The highest BCUT2D eigenvalue weighted by Crippen LogP contribution is 2.29. The maximum Gasteiger partial charge on any atom is 0.352 e. The number of fused-ring (bicyclic) bond motifs is 1. The van der Waals surface area contributed by atoms with E-state index in [4.69, 9.17) is 0 Å². The molecule has 0 fully saturated rings. The molecule has 2 aromatic rings. The van der Waals surface area contributed by atoms with Crippen molar-refractivity contribution in [2.75, 3.05) is 5.32 Å². The van der Waals surface area contributed by atoms with E-state index in [0.717, 1.165) is 0 Å². The molecule has 0 atom stereocenters. The van der Waals surface area contributed by atoms with Crippen LogP contribution in [-0.4, -0.2) is 21.7 Å². The van der Waals surface area contributed by atoms with Crippen molar-refractivity contribution >= 4 is 28.7 Å². The summed E-state index contributed by atoms with van der Waals surface area (Å²) in [5.74, 6) is -1.14. The first-order valence-electron chi connectivity index (χ1n) is 6.69. The number of anilines is 1. The van der Waals surface area contributed by atoms with E-state index in [0.29, 0.717) is 22.6 Å². The molecule has 1 aliphatic heterocycles. The molecule has 0 aromatic heterocycles. The summed E-state index contributed by atoms with van der Waals surface area (Å²) in [6, 6.07) is 12.9. The Morgan fingerprint density at radius 3 is 2.70 bits per heavy atom. The number of nitrogens with one attached hydrogen (secondary N) is 1. The van der Waals surface area contributed by atoms with Gasteiger partial charge in [0.05, 0.1) is 22.0 Å². The summed E-state index contributed by atoms with van der Waals surface area (Å²) >= 11 is 0. The van der Waals surface area contributed by atoms with Crippen molar-refractivity contribution in [2.24, 2.45) is 4.99 Å². The second-order valence-electron chi connectivity index (χ2n) is 4.81. The summed E-state index contributed by atoms with van der Waals surface area (Å²) in [6.45, 7) is 0. The molecule has 114 valence electrons. The van der Waals surface area contributed by atoms with Crippen molar-refractivity contribution in [3.05, 3.63) is 76.0 Å². The molecule has 2 N–H and O–H groups in total. The van der Waals surface area contributed by atoms with Crippen LogP contribution in [0.2, 0.25) is 0 Å². The average molecular weight is 309 g/mol. The number of allylic oxidation sites excluding steroid dienone is 1. The molecule has 7 nitrogen and oxygen atoms in total. The van der Waals surface area contributed by atoms with E-state index < -0.39 is 10.9 Å². The number of aliphatic imine (C=N–C) groups is 1. The van der Waals surface area contributed by atoms with E-state index in [2.05, 4.69) is 10.3 Å². The normalized spacial score (nSPS) is 13.0. The summed E-state index contributed by atoms with van der Waals surface area (Å²) in [7, 11) is 0. The lowest BCUT2D eigenvalue weighted by Gasteiger charge is -2.06. The molecule has 3 rings (SSSR count). The van der Waals surface area contributed by atoms with Crippen molar-refractivity contribution in [1.29, 1.82) is 0 Å². The number of benzene rings is 2. The number of hydrogen-bond donors (Lipinski definition) is 2. The van der Waals surface area contributed by atoms with Crippen LogP contribution in [0.3, 0.4) is 0 Å². The van der Waals surface area contributed by atoms with E-state index in [1.807, 2.05) is 0 Å². The number of nitro groups is 1. The second-order valence-corrected chi connectivity index (χ2v) is 4.81. The second kappa shape index (κ2) is 5.72. The quantitative estimate of drug-likeness (QED) is 0.669. The predicted octanol–water partition coefficient (Wildman–Crippen LogP) is 3.11. The van der Waals surface area contributed by atoms with Gasteiger partial charge in [0.15, 0.2) is 0 Å². The van der Waals surface area contributed by atoms with Crippen molar-refractivity contribution in [3.63, 3.8) is 0 Å². The van der Waals surface area contributed by atoms with Gasteiger partial charge in [0.1, 0.15) is 5.70 Å². The van der Waals surface area contributed by atoms with Crippen molar-refractivity contribution in [2.45, 2.75) is 0 Å². The smallest absolute Gasteiger partial charge is 0.352 e. The van der Waals surface area contributed by atoms with Crippen LogP contribution < -0.4 is 5.32 Å². The van der Waals surface area contributed by atoms with E-state index in [-0.39, 0.29) is 11.4 Å². The minimum atomic E-state index is -1.14. The van der Waals surface area contributed by atoms with Gasteiger partial charge in [-0.3, -0.25) is 10.1 Å². The number of carboxylic acids is 1. The molecular formula is C16H11N3O4. The Morgan fingerprint density at radius 2 is 1.96 bits per heavy atom. The third kappa shape index (κ3) is 2.93. The Kier molecular flexibility index (Phi) is 3.60. The van der Waals surface area contributed by atoms with Gasteiger partial charge in [0.25, 0.3) is 5.69 Å². The summed E-state index contributed by atoms with van der Waals surface area (Å²) in [5.41, 5.74) is 1.78. The van der Waals surface area contributed by atoms with Crippen LogP contribution in [0.1, 0.15) is 5.56 Å². The Hall–Kier alpha value is -3.48. The number of aliphatic carboxylic acids is 1. The first-order chi connectivity index (χ1) is 11.0. The highest BCUT2D eigenvalue weighted by atomic mass is 16.6. The van der Waals surface area contributed by atoms with Crippen LogP contribution in [0.5, 0.6) is 0 Å². The van der Waals surface area contributed by atoms with Crippen molar-refractivity contribution < 1.29 is 14.8 Å². The maximum absolute atomic E-state index is 11.4. The van der Waals surface area contributed by atoms with Gasteiger partial charge in [-0.1, -0.05) is 24.3 Å². The number of carboxylic acid groups (broad SMARTS) is 1. The molecule has 0 unspecified atom stereocenters. The first kappa shape index (κ1) is 14.5. The average Bonchev–Trinajstić information content (AvgIpc) is 2.74. The molecular weight excluding hydrogens is 298 g/mol. The van der Waals surface area contributed by atoms with Crippen LogP contribution in [0.25, 0.3) is 0 Å². The molecule has 23 heavy (non-hydrogen) atoms. The van der Waals surface area contributed by atoms with Gasteiger partial charge in [0.2, 0.25) is 0 Å². The highest BCUT2D eigenvalue weighted by Gasteiger charge is 2.17. The van der Waals surface area contributed by atoms with Gasteiger partial charge in [-0.05, 0) is 18.2 Å². The molecule has 0 amide bonds. The number of nitro benzene ring substituents is 1. The van der Waals surface area contributed by atoms with Crippen molar-refractivity contribution in [1.82, 2.24) is 0 Å². The van der Waals surface area contributed by atoms with Gasteiger partial charge >= 0.3 is 5.97 Å². The summed E-state index contributed by atoms with van der Waals surface area (Å²) in [4.78, 5) is 26.2. The molecule has 0 saturated heterocycles. The molecule has 1 aliphatic rings. The lowest BCUT2D eigenvalue weighted by Crippen LogP contribution is -2.11. The molecule has 0 radical (unpaired) electrons. The Balaban J connectivity index is 2.17. The highest BCUT2D eigenvalue weighted by molar-refractivity contribution is 6.15. The van der Waals surface area contributed by atoms with E-state index in [9.17, 15) is 20.0 Å². The Labute approximate surface area is 130 Å². The molecule has 0 bridgehead atoms. The lowest BCUT2D eigenvalue weighted by molar-refractivity contribution is -0.384. The molecule has 7 heteroatoms. The van der Waals surface area contributed by atoms with Gasteiger partial charge in [-0.15, -0.1) is 0 Å². The number of para-hydroxylation sites is 2. The van der Waals surface area contributed by atoms with E-state index in [1.54, 1.807) is 30.3 Å². The topological polar surface area (TPSA) is 105 Å². The molecule has 0 spiro atoms. The largest absolute Gasteiger partial charge is 0.477 e. The lowest BCUT2D eigenvalue weighted by atomic mass is 10.1. The number of nitrogens with zero attached hydrogens (tertiary/aromatic N) is 2. The standard InChI is InChI=1S/C16H11N3O4/c20-16(21)15-9-14(10-4-3-5-11(8-10)19(22)23)17-12-6-1-2-7-13(12)18-15/h1-9,18H,(H,20,21). The summed E-state index contributed by atoms with van der Waals surface area (Å²) in [6.07, 6.45) is 1.36. The minimum Gasteiger partial charge on any atom is -0.477 e. The minimum absolute atomic E-state index is 0.0554. The fourth-order valence-corrected chi connectivity index (χ4v) is 2.20. The number of non-ortho nitro benzene ring substituents is 1. The van der Waals surface area contributed by atoms with Crippen LogP contribution in [0.4, 0.5) is 17.1 Å². The van der Waals surface area contributed by atoms with Crippen LogP contribution in [0.15, 0.2) is 65.3 Å². The molecule has 1 heterocycles. The fourth-order valence-electron chi connectivity index (χ4n) is 2.20. The molecule has 2 aromatic carbocycles. The number of hydrogen-bond acceptors (Lipinski definition) is 5.